The molecule has 0 bridgehead atoms. The van der Waals surface area contributed by atoms with E-state index in [9.17, 15) is 0 Å². The summed E-state index contributed by atoms with van der Waals surface area (Å²) in [5, 5.41) is 3.95. The zero-order valence-electron chi connectivity index (χ0n) is 10.6. The van der Waals surface area contributed by atoms with Gasteiger partial charge in [-0.1, -0.05) is 27.2 Å². The van der Waals surface area contributed by atoms with E-state index in [0.717, 1.165) is 29.8 Å². The second kappa shape index (κ2) is 4.86. The molecule has 1 nitrogen and oxygen atoms in total. The van der Waals surface area contributed by atoms with Gasteiger partial charge in [-0.2, -0.15) is 0 Å². The van der Waals surface area contributed by atoms with Crippen molar-refractivity contribution in [2.75, 3.05) is 0 Å². The van der Waals surface area contributed by atoms with Gasteiger partial charge in [0.2, 0.25) is 0 Å². The Balaban J connectivity index is 1.86. The highest BCUT2D eigenvalue weighted by atomic mass is 15.0. The Kier molecular flexibility index (Phi) is 3.71. The molecule has 1 N–H and O–H groups in total. The van der Waals surface area contributed by atoms with E-state index in [1.54, 1.807) is 0 Å². The van der Waals surface area contributed by atoms with Crippen LogP contribution in [0.5, 0.6) is 0 Å². The molecule has 2 saturated carbocycles. The summed E-state index contributed by atoms with van der Waals surface area (Å²) in [6.07, 6.45) is 8.58. The second-order valence-electron chi connectivity index (χ2n) is 6.19. The SMILES string of the molecule is CC1CCC(NC2C(C)CCCC2C)C1. The monoisotopic (exact) mass is 209 g/mol. The maximum Gasteiger partial charge on any atom is 0.0121 e. The molecule has 0 saturated heterocycles. The van der Waals surface area contributed by atoms with Gasteiger partial charge in [0.15, 0.2) is 0 Å². The Hall–Kier alpha value is -0.0400. The van der Waals surface area contributed by atoms with E-state index in [0.29, 0.717) is 0 Å². The second-order valence-corrected chi connectivity index (χ2v) is 6.19. The highest BCUT2D eigenvalue weighted by Crippen LogP contribution is 2.32. The molecule has 2 aliphatic carbocycles. The lowest BCUT2D eigenvalue weighted by molar-refractivity contribution is 0.192. The molecule has 0 aromatic heterocycles. The van der Waals surface area contributed by atoms with Gasteiger partial charge in [0.25, 0.3) is 0 Å². The lowest BCUT2D eigenvalue weighted by Gasteiger charge is -2.37. The van der Waals surface area contributed by atoms with Crippen LogP contribution >= 0.6 is 0 Å². The molecule has 0 spiro atoms. The first-order chi connectivity index (χ1) is 7.16. The summed E-state index contributed by atoms with van der Waals surface area (Å²) in [5.41, 5.74) is 0. The maximum absolute atomic E-state index is 3.95. The number of rotatable bonds is 2. The first kappa shape index (κ1) is 11.4. The number of nitrogens with one attached hydrogen (secondary N) is 1. The Morgan fingerprint density at radius 2 is 1.53 bits per heavy atom. The molecule has 88 valence electrons. The van der Waals surface area contributed by atoms with E-state index >= 15 is 0 Å². The molecular formula is C14H27N. The first-order valence-electron chi connectivity index (χ1n) is 6.93. The van der Waals surface area contributed by atoms with Crippen molar-refractivity contribution in [2.45, 2.75) is 71.4 Å². The number of hydrogen-bond donors (Lipinski definition) is 1. The molecule has 0 amide bonds. The van der Waals surface area contributed by atoms with Crippen LogP contribution in [0.25, 0.3) is 0 Å². The molecule has 2 rings (SSSR count). The van der Waals surface area contributed by atoms with Gasteiger partial charge in [-0.3, -0.25) is 0 Å². The molecule has 15 heavy (non-hydrogen) atoms. The fourth-order valence-corrected chi connectivity index (χ4v) is 3.64. The molecule has 0 aromatic carbocycles. The van der Waals surface area contributed by atoms with Gasteiger partial charge in [-0.05, 0) is 49.9 Å². The molecular weight excluding hydrogens is 182 g/mol. The van der Waals surface area contributed by atoms with Crippen LogP contribution in [0, 0.1) is 17.8 Å². The quantitative estimate of drug-likeness (QED) is 0.733. The molecule has 1 heteroatoms. The van der Waals surface area contributed by atoms with E-state index in [1.165, 1.54) is 38.5 Å². The molecule has 2 fully saturated rings. The van der Waals surface area contributed by atoms with Crippen LogP contribution in [-0.2, 0) is 0 Å². The highest BCUT2D eigenvalue weighted by Gasteiger charge is 2.31. The minimum Gasteiger partial charge on any atom is -0.311 e. The topological polar surface area (TPSA) is 12.0 Å². The van der Waals surface area contributed by atoms with E-state index in [-0.39, 0.29) is 0 Å². The van der Waals surface area contributed by atoms with Crippen molar-refractivity contribution in [1.29, 1.82) is 0 Å². The van der Waals surface area contributed by atoms with Gasteiger partial charge < -0.3 is 5.32 Å². The van der Waals surface area contributed by atoms with E-state index < -0.39 is 0 Å². The van der Waals surface area contributed by atoms with Gasteiger partial charge in [-0.15, -0.1) is 0 Å². The van der Waals surface area contributed by atoms with Crippen LogP contribution in [0.15, 0.2) is 0 Å². The Labute approximate surface area is 95.0 Å². The van der Waals surface area contributed by atoms with Gasteiger partial charge in [0.1, 0.15) is 0 Å². The fraction of sp³-hybridized carbons (Fsp3) is 1.00. The Morgan fingerprint density at radius 3 is 2.07 bits per heavy atom. The minimum absolute atomic E-state index is 0.800. The van der Waals surface area contributed by atoms with Crippen molar-refractivity contribution in [3.8, 4) is 0 Å². The van der Waals surface area contributed by atoms with Crippen LogP contribution in [0.4, 0.5) is 0 Å². The Bertz CT molecular complexity index is 192. The minimum atomic E-state index is 0.800. The fourth-order valence-electron chi connectivity index (χ4n) is 3.64. The lowest BCUT2D eigenvalue weighted by Crippen LogP contribution is -2.46. The summed E-state index contributed by atoms with van der Waals surface area (Å²) in [6, 6.07) is 1.63. The predicted molar refractivity (Wildman–Crippen MR) is 65.9 cm³/mol. The molecule has 0 aliphatic heterocycles. The zero-order valence-corrected chi connectivity index (χ0v) is 10.6. The average molecular weight is 209 g/mol. The smallest absolute Gasteiger partial charge is 0.0121 e. The summed E-state index contributed by atoms with van der Waals surface area (Å²) >= 11 is 0. The van der Waals surface area contributed by atoms with Crippen molar-refractivity contribution in [3.05, 3.63) is 0 Å². The lowest BCUT2D eigenvalue weighted by atomic mass is 9.78. The largest absolute Gasteiger partial charge is 0.311 e. The predicted octanol–water partition coefficient (Wildman–Crippen LogP) is 3.59. The molecule has 2 aliphatic rings. The van der Waals surface area contributed by atoms with Crippen LogP contribution in [0.3, 0.4) is 0 Å². The van der Waals surface area contributed by atoms with Crippen LogP contribution in [0.1, 0.15) is 59.3 Å². The molecule has 0 radical (unpaired) electrons. The standard InChI is InChI=1S/C14H27N/c1-10-7-8-13(9-10)15-14-11(2)5-4-6-12(14)3/h10-15H,4-9H2,1-3H3. The first-order valence-corrected chi connectivity index (χ1v) is 6.93. The van der Waals surface area contributed by atoms with E-state index in [4.69, 9.17) is 0 Å². The summed E-state index contributed by atoms with van der Waals surface area (Å²) < 4.78 is 0. The third-order valence-electron chi connectivity index (χ3n) is 4.67. The van der Waals surface area contributed by atoms with Crippen LogP contribution in [0.2, 0.25) is 0 Å². The molecule has 0 heterocycles. The van der Waals surface area contributed by atoms with E-state index in [2.05, 4.69) is 26.1 Å². The van der Waals surface area contributed by atoms with Crippen molar-refractivity contribution >= 4 is 0 Å². The maximum atomic E-state index is 3.95. The summed E-state index contributed by atoms with van der Waals surface area (Å²) in [7, 11) is 0. The Morgan fingerprint density at radius 1 is 0.867 bits per heavy atom. The van der Waals surface area contributed by atoms with Gasteiger partial charge >= 0.3 is 0 Å². The van der Waals surface area contributed by atoms with Gasteiger partial charge in [-0.25, -0.2) is 0 Å². The van der Waals surface area contributed by atoms with Crippen molar-refractivity contribution in [1.82, 2.24) is 5.32 Å². The van der Waals surface area contributed by atoms with Crippen molar-refractivity contribution in [2.24, 2.45) is 17.8 Å². The van der Waals surface area contributed by atoms with Crippen LogP contribution < -0.4 is 5.32 Å². The third kappa shape index (κ3) is 2.75. The van der Waals surface area contributed by atoms with Gasteiger partial charge in [0.05, 0.1) is 0 Å². The van der Waals surface area contributed by atoms with Crippen molar-refractivity contribution < 1.29 is 0 Å². The zero-order chi connectivity index (χ0) is 10.8. The molecule has 4 unspecified atom stereocenters. The normalized spacial score (nSPS) is 47.0. The highest BCUT2D eigenvalue weighted by molar-refractivity contribution is 4.88. The average Bonchev–Trinajstić information content (AvgIpc) is 2.58. The van der Waals surface area contributed by atoms with Crippen LogP contribution in [-0.4, -0.2) is 12.1 Å². The van der Waals surface area contributed by atoms with Crippen molar-refractivity contribution in [3.63, 3.8) is 0 Å². The summed E-state index contributed by atoms with van der Waals surface area (Å²) in [4.78, 5) is 0. The van der Waals surface area contributed by atoms with Gasteiger partial charge in [0, 0.05) is 12.1 Å². The third-order valence-corrected chi connectivity index (χ3v) is 4.67. The molecule has 4 atom stereocenters. The number of hydrogen-bond acceptors (Lipinski definition) is 1. The van der Waals surface area contributed by atoms with E-state index in [1.807, 2.05) is 0 Å². The molecule has 0 aromatic rings. The summed E-state index contributed by atoms with van der Waals surface area (Å²) in [6.45, 7) is 7.27. The summed E-state index contributed by atoms with van der Waals surface area (Å²) in [5.74, 6) is 2.74.